The molecule has 0 fully saturated rings. The monoisotopic (exact) mass is 281 g/mol. The molecule has 1 amide bonds. The molecule has 1 heterocycles. The lowest BCUT2D eigenvalue weighted by Crippen LogP contribution is -2.52. The summed E-state index contributed by atoms with van der Waals surface area (Å²) in [7, 11) is 0. The Morgan fingerprint density at radius 3 is 2.50 bits per heavy atom. The quantitative estimate of drug-likeness (QED) is 0.798. The number of nitrogens with zero attached hydrogens (tertiary/aromatic N) is 2. The van der Waals surface area contributed by atoms with Gasteiger partial charge in [-0.1, -0.05) is 20.3 Å². The zero-order chi connectivity index (χ0) is 15.3. The van der Waals surface area contributed by atoms with Gasteiger partial charge in [-0.2, -0.15) is 5.10 Å². The fourth-order valence-electron chi connectivity index (χ4n) is 2.10. The molecule has 1 atom stereocenters. The number of carbonyl (C=O) groups excluding carboxylic acids is 1. The summed E-state index contributed by atoms with van der Waals surface area (Å²) in [6, 6.07) is 1.72. The first-order valence-corrected chi connectivity index (χ1v) is 7.00. The van der Waals surface area contributed by atoms with E-state index in [1.807, 2.05) is 20.8 Å². The Bertz CT molecular complexity index is 496. The SMILES string of the molecule is CCCC(C)(NC(=O)c1cc(CC)nn1CC)C(=O)O. The smallest absolute Gasteiger partial charge is 0.329 e. The van der Waals surface area contributed by atoms with Gasteiger partial charge in [-0.05, 0) is 32.8 Å². The first kappa shape index (κ1) is 16.2. The third-order valence-electron chi connectivity index (χ3n) is 3.34. The zero-order valence-corrected chi connectivity index (χ0v) is 12.6. The van der Waals surface area contributed by atoms with Crippen molar-refractivity contribution in [2.75, 3.05) is 0 Å². The van der Waals surface area contributed by atoms with Crippen LogP contribution in [0.2, 0.25) is 0 Å². The fourth-order valence-corrected chi connectivity index (χ4v) is 2.10. The number of carboxylic acid groups (broad SMARTS) is 1. The van der Waals surface area contributed by atoms with Crippen LogP contribution in [0.15, 0.2) is 6.07 Å². The van der Waals surface area contributed by atoms with Crippen LogP contribution >= 0.6 is 0 Å². The largest absolute Gasteiger partial charge is 0.480 e. The van der Waals surface area contributed by atoms with Crippen LogP contribution < -0.4 is 5.32 Å². The highest BCUT2D eigenvalue weighted by molar-refractivity contribution is 5.96. The Labute approximate surface area is 119 Å². The molecule has 0 aliphatic heterocycles. The van der Waals surface area contributed by atoms with Crippen LogP contribution in [-0.4, -0.2) is 32.3 Å². The highest BCUT2D eigenvalue weighted by atomic mass is 16.4. The molecule has 1 unspecified atom stereocenters. The van der Waals surface area contributed by atoms with E-state index in [9.17, 15) is 14.7 Å². The minimum absolute atomic E-state index is 0.384. The molecule has 6 heteroatoms. The van der Waals surface area contributed by atoms with Gasteiger partial charge in [0.1, 0.15) is 11.2 Å². The van der Waals surface area contributed by atoms with E-state index in [-0.39, 0.29) is 0 Å². The second kappa shape index (κ2) is 6.54. The number of carbonyl (C=O) groups is 2. The predicted molar refractivity (Wildman–Crippen MR) is 75.7 cm³/mol. The van der Waals surface area contributed by atoms with Crippen LogP contribution in [-0.2, 0) is 17.8 Å². The molecule has 1 aromatic rings. The van der Waals surface area contributed by atoms with E-state index >= 15 is 0 Å². The molecule has 1 aromatic heterocycles. The van der Waals surface area contributed by atoms with Crippen molar-refractivity contribution in [3.8, 4) is 0 Å². The molecular formula is C14H23N3O3. The van der Waals surface area contributed by atoms with Crippen molar-refractivity contribution in [2.45, 2.75) is 59.0 Å². The highest BCUT2D eigenvalue weighted by Crippen LogP contribution is 2.15. The number of aliphatic carboxylic acids is 1. The van der Waals surface area contributed by atoms with Crippen molar-refractivity contribution in [1.82, 2.24) is 15.1 Å². The van der Waals surface area contributed by atoms with Crippen LogP contribution in [0, 0.1) is 0 Å². The van der Waals surface area contributed by atoms with E-state index in [0.29, 0.717) is 25.1 Å². The number of hydrogen-bond donors (Lipinski definition) is 2. The van der Waals surface area contributed by atoms with Gasteiger partial charge in [0.05, 0.1) is 5.69 Å². The number of nitrogens with one attached hydrogen (secondary N) is 1. The van der Waals surface area contributed by atoms with Gasteiger partial charge in [0, 0.05) is 6.54 Å². The predicted octanol–water partition coefficient (Wildman–Crippen LogP) is 1.84. The van der Waals surface area contributed by atoms with E-state index in [1.165, 1.54) is 6.92 Å². The van der Waals surface area contributed by atoms with Gasteiger partial charge in [0.2, 0.25) is 0 Å². The van der Waals surface area contributed by atoms with Gasteiger partial charge in [-0.3, -0.25) is 9.48 Å². The maximum Gasteiger partial charge on any atom is 0.329 e. The number of aryl methyl sites for hydroxylation is 2. The highest BCUT2D eigenvalue weighted by Gasteiger charge is 2.34. The van der Waals surface area contributed by atoms with Crippen molar-refractivity contribution < 1.29 is 14.7 Å². The lowest BCUT2D eigenvalue weighted by molar-refractivity contribution is -0.144. The van der Waals surface area contributed by atoms with E-state index < -0.39 is 17.4 Å². The van der Waals surface area contributed by atoms with Crippen molar-refractivity contribution in [3.63, 3.8) is 0 Å². The second-order valence-corrected chi connectivity index (χ2v) is 5.03. The molecule has 1 rings (SSSR count). The third kappa shape index (κ3) is 3.37. The topological polar surface area (TPSA) is 84.2 Å². The summed E-state index contributed by atoms with van der Waals surface area (Å²) >= 11 is 0. The maximum absolute atomic E-state index is 12.3. The van der Waals surface area contributed by atoms with Gasteiger partial charge in [-0.25, -0.2) is 4.79 Å². The minimum atomic E-state index is -1.25. The third-order valence-corrected chi connectivity index (χ3v) is 3.34. The normalized spacial score (nSPS) is 13.8. The standard InChI is InChI=1S/C14H23N3O3/c1-5-8-14(4,13(19)20)15-12(18)11-9-10(6-2)16-17(11)7-3/h9H,5-8H2,1-4H3,(H,15,18)(H,19,20). The number of rotatable bonds is 7. The minimum Gasteiger partial charge on any atom is -0.480 e. The molecule has 112 valence electrons. The summed E-state index contributed by atoms with van der Waals surface area (Å²) in [4.78, 5) is 23.7. The second-order valence-electron chi connectivity index (χ2n) is 5.03. The Hall–Kier alpha value is -1.85. The Morgan fingerprint density at radius 2 is 2.05 bits per heavy atom. The average Bonchev–Trinajstić information content (AvgIpc) is 2.82. The molecule has 0 aromatic carbocycles. The number of hydrogen-bond acceptors (Lipinski definition) is 3. The number of aromatic nitrogens is 2. The fraction of sp³-hybridized carbons (Fsp3) is 0.643. The van der Waals surface area contributed by atoms with Gasteiger partial charge < -0.3 is 10.4 Å². The Morgan fingerprint density at radius 1 is 1.40 bits per heavy atom. The van der Waals surface area contributed by atoms with Crippen molar-refractivity contribution in [3.05, 3.63) is 17.5 Å². The summed E-state index contributed by atoms with van der Waals surface area (Å²) in [5.74, 6) is -1.41. The molecule has 0 saturated carbocycles. The molecular weight excluding hydrogens is 258 g/mol. The summed E-state index contributed by atoms with van der Waals surface area (Å²) in [5.41, 5.74) is -0.0152. The molecule has 0 radical (unpaired) electrons. The zero-order valence-electron chi connectivity index (χ0n) is 12.6. The molecule has 0 aliphatic carbocycles. The maximum atomic E-state index is 12.3. The lowest BCUT2D eigenvalue weighted by Gasteiger charge is -2.25. The van der Waals surface area contributed by atoms with Crippen molar-refractivity contribution >= 4 is 11.9 Å². The number of amides is 1. The molecule has 0 bridgehead atoms. The molecule has 0 aliphatic rings. The molecule has 0 saturated heterocycles. The van der Waals surface area contributed by atoms with E-state index in [1.54, 1.807) is 10.7 Å². The molecule has 20 heavy (non-hydrogen) atoms. The van der Waals surface area contributed by atoms with Gasteiger partial charge in [0.15, 0.2) is 0 Å². The summed E-state index contributed by atoms with van der Waals surface area (Å²) in [6.45, 7) is 7.84. The molecule has 2 N–H and O–H groups in total. The van der Waals surface area contributed by atoms with Crippen molar-refractivity contribution in [2.24, 2.45) is 0 Å². The van der Waals surface area contributed by atoms with Crippen LogP contribution in [0.3, 0.4) is 0 Å². The summed E-state index contributed by atoms with van der Waals surface area (Å²) in [5, 5.41) is 16.2. The Kier molecular flexibility index (Phi) is 5.30. The Balaban J connectivity index is 3.00. The van der Waals surface area contributed by atoms with E-state index in [4.69, 9.17) is 0 Å². The van der Waals surface area contributed by atoms with Gasteiger partial charge >= 0.3 is 5.97 Å². The summed E-state index contributed by atoms with van der Waals surface area (Å²) < 4.78 is 1.60. The van der Waals surface area contributed by atoms with E-state index in [2.05, 4.69) is 10.4 Å². The first-order valence-electron chi connectivity index (χ1n) is 7.00. The van der Waals surface area contributed by atoms with Crippen LogP contribution in [0.5, 0.6) is 0 Å². The molecule has 6 nitrogen and oxygen atoms in total. The first-order chi connectivity index (χ1) is 9.37. The summed E-state index contributed by atoms with van der Waals surface area (Å²) in [6.07, 6.45) is 1.80. The van der Waals surface area contributed by atoms with Crippen molar-refractivity contribution in [1.29, 1.82) is 0 Å². The van der Waals surface area contributed by atoms with Gasteiger partial charge in [0.25, 0.3) is 5.91 Å². The van der Waals surface area contributed by atoms with Crippen LogP contribution in [0.4, 0.5) is 0 Å². The van der Waals surface area contributed by atoms with E-state index in [0.717, 1.165) is 12.1 Å². The molecule has 0 spiro atoms. The van der Waals surface area contributed by atoms with Gasteiger partial charge in [-0.15, -0.1) is 0 Å². The van der Waals surface area contributed by atoms with Crippen LogP contribution in [0.1, 0.15) is 56.7 Å². The lowest BCUT2D eigenvalue weighted by atomic mass is 9.96. The number of carboxylic acids is 1. The average molecular weight is 281 g/mol. The van der Waals surface area contributed by atoms with Crippen LogP contribution in [0.25, 0.3) is 0 Å².